The van der Waals surface area contributed by atoms with E-state index in [1.165, 1.54) is 23.1 Å². The van der Waals surface area contributed by atoms with E-state index in [9.17, 15) is 14.0 Å². The van der Waals surface area contributed by atoms with E-state index in [1.807, 2.05) is 0 Å². The Labute approximate surface area is 194 Å². The van der Waals surface area contributed by atoms with Crippen LogP contribution in [0.2, 0.25) is 0 Å². The third-order valence-corrected chi connectivity index (χ3v) is 5.66. The molecule has 30 heavy (non-hydrogen) atoms. The van der Waals surface area contributed by atoms with Gasteiger partial charge < -0.3 is 4.74 Å². The van der Waals surface area contributed by atoms with E-state index in [1.54, 1.807) is 30.3 Å². The van der Waals surface area contributed by atoms with Crippen LogP contribution in [0.3, 0.4) is 0 Å². The van der Waals surface area contributed by atoms with Gasteiger partial charge in [-0.2, -0.15) is 0 Å². The number of carbonyl (C=O) groups is 2. The Balaban J connectivity index is 1.86. The van der Waals surface area contributed by atoms with E-state index in [2.05, 4.69) is 43.8 Å². The van der Waals surface area contributed by atoms with Crippen LogP contribution in [0.5, 0.6) is 5.75 Å². The monoisotopic (exact) mass is 552 g/mol. The van der Waals surface area contributed by atoms with Crippen molar-refractivity contribution >= 4 is 67.1 Å². The smallest absolute Gasteiger partial charge is 0.265 e. The zero-order chi connectivity index (χ0) is 21.8. The van der Waals surface area contributed by atoms with Crippen LogP contribution in [0, 0.1) is 5.82 Å². The van der Waals surface area contributed by atoms with Crippen LogP contribution in [0.25, 0.3) is 6.08 Å². The second-order valence-electron chi connectivity index (χ2n) is 6.22. The average molecular weight is 554 g/mol. The molecular weight excluding hydrogens is 539 g/mol. The number of hydrogen-bond donors (Lipinski definition) is 1. The van der Waals surface area contributed by atoms with E-state index in [0.29, 0.717) is 25.8 Å². The molecule has 1 heterocycles. The minimum atomic E-state index is -0.572. The van der Waals surface area contributed by atoms with Gasteiger partial charge in [0.2, 0.25) is 0 Å². The van der Waals surface area contributed by atoms with Gasteiger partial charge in [0.25, 0.3) is 11.8 Å². The van der Waals surface area contributed by atoms with Gasteiger partial charge in [-0.05, 0) is 73.9 Å². The quantitative estimate of drug-likeness (QED) is 0.243. The van der Waals surface area contributed by atoms with Crippen LogP contribution < -0.4 is 10.1 Å². The Kier molecular flexibility index (Phi) is 7.17. The average Bonchev–Trinajstić information content (AvgIpc) is 2.69. The first-order chi connectivity index (χ1) is 14.3. The molecule has 0 radical (unpaired) electrons. The van der Waals surface area contributed by atoms with Crippen molar-refractivity contribution in [3.8, 4) is 5.75 Å². The van der Waals surface area contributed by atoms with Gasteiger partial charge in [0.05, 0.1) is 8.95 Å². The summed E-state index contributed by atoms with van der Waals surface area (Å²) < 4.78 is 20.7. The van der Waals surface area contributed by atoms with E-state index in [0.717, 1.165) is 0 Å². The summed E-state index contributed by atoms with van der Waals surface area (Å²) in [6, 6.07) is 9.74. The first-order valence-corrected chi connectivity index (χ1v) is 10.7. The molecule has 1 aliphatic heterocycles. The molecule has 9 heteroatoms. The SMILES string of the molecule is C=CCN1C(=O)/C(=C/c2cc(Br)c(OCc3ccccc3F)c(Br)c2)C(=O)NC1=S. The van der Waals surface area contributed by atoms with Gasteiger partial charge in [-0.15, -0.1) is 6.58 Å². The highest BCUT2D eigenvalue weighted by atomic mass is 79.9. The lowest BCUT2D eigenvalue weighted by Crippen LogP contribution is -2.53. The fourth-order valence-corrected chi connectivity index (χ4v) is 4.42. The van der Waals surface area contributed by atoms with Crippen LogP contribution in [0.4, 0.5) is 4.39 Å². The van der Waals surface area contributed by atoms with Crippen molar-refractivity contribution in [3.05, 3.63) is 80.5 Å². The summed E-state index contributed by atoms with van der Waals surface area (Å²) in [6.45, 7) is 3.82. The molecule has 0 spiro atoms. The van der Waals surface area contributed by atoms with Gasteiger partial charge in [-0.1, -0.05) is 24.3 Å². The molecule has 154 valence electrons. The maximum absolute atomic E-state index is 13.8. The highest BCUT2D eigenvalue weighted by Gasteiger charge is 2.32. The summed E-state index contributed by atoms with van der Waals surface area (Å²) in [4.78, 5) is 26.2. The highest BCUT2D eigenvalue weighted by Crippen LogP contribution is 2.36. The number of benzene rings is 2. The number of nitrogens with one attached hydrogen (secondary N) is 1. The maximum Gasteiger partial charge on any atom is 0.265 e. The van der Waals surface area contributed by atoms with Crippen LogP contribution in [0.15, 0.2) is 63.6 Å². The van der Waals surface area contributed by atoms with Crippen LogP contribution >= 0.6 is 44.1 Å². The minimum Gasteiger partial charge on any atom is -0.486 e. The summed E-state index contributed by atoms with van der Waals surface area (Å²) in [5.74, 6) is -0.961. The maximum atomic E-state index is 13.8. The molecule has 0 bridgehead atoms. The number of nitrogens with zero attached hydrogens (tertiary/aromatic N) is 1. The van der Waals surface area contributed by atoms with Crippen molar-refractivity contribution in [1.82, 2.24) is 10.2 Å². The van der Waals surface area contributed by atoms with Crippen LogP contribution in [-0.2, 0) is 16.2 Å². The Hall–Kier alpha value is -2.36. The highest BCUT2D eigenvalue weighted by molar-refractivity contribution is 9.11. The predicted octanol–water partition coefficient (Wildman–Crippen LogP) is 4.74. The third kappa shape index (κ3) is 4.85. The standard InChI is InChI=1S/C21H15Br2FN2O3S/c1-2-7-26-20(28)14(19(27)25-21(26)30)8-12-9-15(22)18(16(23)10-12)29-11-13-5-3-4-6-17(13)24/h2-6,8-10H,1,7,11H2,(H,25,27,30)/b14-8+. The topological polar surface area (TPSA) is 58.6 Å². The molecule has 0 saturated carbocycles. The normalized spacial score (nSPS) is 15.4. The Bertz CT molecular complexity index is 1060. The Morgan fingerprint density at radius 3 is 2.50 bits per heavy atom. The number of amides is 2. The fourth-order valence-electron chi connectivity index (χ4n) is 2.72. The van der Waals surface area contributed by atoms with Gasteiger partial charge in [-0.3, -0.25) is 19.8 Å². The van der Waals surface area contributed by atoms with E-state index in [-0.39, 0.29) is 29.7 Å². The number of carbonyl (C=O) groups excluding carboxylic acids is 2. The van der Waals surface area contributed by atoms with Crippen molar-refractivity contribution < 1.29 is 18.7 Å². The molecule has 0 aliphatic carbocycles. The van der Waals surface area contributed by atoms with Gasteiger partial charge >= 0.3 is 0 Å². The molecule has 2 amide bonds. The van der Waals surface area contributed by atoms with Crippen molar-refractivity contribution in [1.29, 1.82) is 0 Å². The van der Waals surface area contributed by atoms with Crippen LogP contribution in [0.1, 0.15) is 11.1 Å². The molecule has 2 aromatic rings. The Morgan fingerprint density at radius 2 is 1.87 bits per heavy atom. The number of ether oxygens (including phenoxy) is 1. The summed E-state index contributed by atoms with van der Waals surface area (Å²) in [5, 5.41) is 2.54. The van der Waals surface area contributed by atoms with Gasteiger partial charge in [-0.25, -0.2) is 4.39 Å². The lowest BCUT2D eigenvalue weighted by Gasteiger charge is -2.27. The summed E-state index contributed by atoms with van der Waals surface area (Å²) in [5.41, 5.74) is 0.950. The summed E-state index contributed by atoms with van der Waals surface area (Å²) >= 11 is 11.9. The molecule has 0 atom stereocenters. The third-order valence-electron chi connectivity index (χ3n) is 4.16. The fraction of sp³-hybridized carbons (Fsp3) is 0.0952. The molecule has 1 fully saturated rings. The van der Waals surface area contributed by atoms with Crippen molar-refractivity contribution in [2.75, 3.05) is 6.54 Å². The van der Waals surface area contributed by atoms with Gasteiger partial charge in [0, 0.05) is 12.1 Å². The van der Waals surface area contributed by atoms with E-state index in [4.69, 9.17) is 17.0 Å². The molecular formula is C21H15Br2FN2O3S. The van der Waals surface area contributed by atoms with Crippen molar-refractivity contribution in [2.45, 2.75) is 6.61 Å². The first kappa shape index (κ1) is 22.3. The first-order valence-electron chi connectivity index (χ1n) is 8.67. The van der Waals surface area contributed by atoms with E-state index >= 15 is 0 Å². The van der Waals surface area contributed by atoms with Crippen molar-refractivity contribution in [2.24, 2.45) is 0 Å². The molecule has 0 aromatic heterocycles. The zero-order valence-corrected chi connectivity index (χ0v) is 19.4. The van der Waals surface area contributed by atoms with Gasteiger partial charge in [0.15, 0.2) is 5.11 Å². The molecule has 5 nitrogen and oxygen atoms in total. The lowest BCUT2D eigenvalue weighted by molar-refractivity contribution is -0.128. The van der Waals surface area contributed by atoms with Gasteiger partial charge in [0.1, 0.15) is 23.7 Å². The second-order valence-corrected chi connectivity index (χ2v) is 8.31. The second kappa shape index (κ2) is 9.63. The number of rotatable bonds is 6. The Morgan fingerprint density at radius 1 is 1.20 bits per heavy atom. The molecule has 2 aromatic carbocycles. The molecule has 1 aliphatic rings. The van der Waals surface area contributed by atoms with E-state index < -0.39 is 11.8 Å². The molecule has 3 rings (SSSR count). The molecule has 1 N–H and O–H groups in total. The van der Waals surface area contributed by atoms with Crippen molar-refractivity contribution in [3.63, 3.8) is 0 Å². The lowest BCUT2D eigenvalue weighted by atomic mass is 10.1. The molecule has 0 unspecified atom stereocenters. The van der Waals surface area contributed by atoms with Crippen LogP contribution in [-0.4, -0.2) is 28.4 Å². The zero-order valence-electron chi connectivity index (χ0n) is 15.5. The molecule has 1 saturated heterocycles. The minimum absolute atomic E-state index is 0.0408. The number of halogens is 3. The number of thiocarbonyl (C=S) groups is 1. The largest absolute Gasteiger partial charge is 0.486 e. The predicted molar refractivity (Wildman–Crippen MR) is 123 cm³/mol. The number of hydrogen-bond acceptors (Lipinski definition) is 4. The summed E-state index contributed by atoms with van der Waals surface area (Å²) in [7, 11) is 0. The summed E-state index contributed by atoms with van der Waals surface area (Å²) in [6.07, 6.45) is 2.99.